The molecule has 0 bridgehead atoms. The number of carbonyl (C=O) groups is 1. The third-order valence-electron chi connectivity index (χ3n) is 7.14. The van der Waals surface area contributed by atoms with E-state index in [1.807, 2.05) is 60.5 Å². The second kappa shape index (κ2) is 9.32. The van der Waals surface area contributed by atoms with Crippen molar-refractivity contribution in [3.63, 3.8) is 0 Å². The van der Waals surface area contributed by atoms with Crippen molar-refractivity contribution in [1.82, 2.24) is 0 Å². The fourth-order valence-corrected chi connectivity index (χ4v) is 5.13. The monoisotopic (exact) mass is 491 g/mol. The van der Waals surface area contributed by atoms with Gasteiger partial charge in [-0.3, -0.25) is 0 Å². The highest BCUT2D eigenvalue weighted by Gasteiger charge is 2.48. The molecule has 37 heavy (non-hydrogen) atoms. The predicted molar refractivity (Wildman–Crippen MR) is 153 cm³/mol. The van der Waals surface area contributed by atoms with Gasteiger partial charge in [-0.05, 0) is 42.0 Å². The van der Waals surface area contributed by atoms with Crippen LogP contribution in [0.5, 0.6) is 0 Å². The zero-order valence-electron chi connectivity index (χ0n) is 22.3. The van der Waals surface area contributed by atoms with Gasteiger partial charge in [0.05, 0.1) is 5.56 Å². The first-order chi connectivity index (χ1) is 17.7. The van der Waals surface area contributed by atoms with Crippen LogP contribution in [0.3, 0.4) is 0 Å². The first-order valence-corrected chi connectivity index (χ1v) is 12.4. The molecule has 188 valence electrons. The summed E-state index contributed by atoms with van der Waals surface area (Å²) in [6, 6.07) is 30.9. The van der Waals surface area contributed by atoms with Gasteiger partial charge in [0.2, 0.25) is 0 Å². The van der Waals surface area contributed by atoms with Crippen LogP contribution in [0.1, 0.15) is 27.0 Å². The number of fused-ring (bicyclic) bond motifs is 1. The van der Waals surface area contributed by atoms with Crippen molar-refractivity contribution in [2.75, 3.05) is 57.0 Å². The number of ether oxygens (including phenoxy) is 1. The van der Waals surface area contributed by atoms with Gasteiger partial charge in [0.25, 0.3) is 0 Å². The molecule has 0 radical (unpaired) electrons. The van der Waals surface area contributed by atoms with Gasteiger partial charge in [0.1, 0.15) is 0 Å². The molecule has 5 nitrogen and oxygen atoms in total. The molecule has 4 aromatic rings. The third kappa shape index (κ3) is 4.10. The summed E-state index contributed by atoms with van der Waals surface area (Å²) < 4.78 is 6.38. The van der Waals surface area contributed by atoms with Crippen molar-refractivity contribution < 1.29 is 9.53 Å². The van der Waals surface area contributed by atoms with Crippen LogP contribution in [0, 0.1) is 0 Å². The van der Waals surface area contributed by atoms with E-state index in [1.54, 1.807) is 0 Å². The van der Waals surface area contributed by atoms with Crippen molar-refractivity contribution in [1.29, 1.82) is 0 Å². The van der Waals surface area contributed by atoms with Crippen LogP contribution < -0.4 is 14.7 Å². The van der Waals surface area contributed by atoms with Crippen molar-refractivity contribution in [2.24, 2.45) is 0 Å². The SMILES string of the molecule is CN(C)c1ccc(C2(c3ccc(N(C)C)cc3)OC(=O)c3cc(-c4ccccc4N(C)C)ccc32)cc1. The molecule has 0 aromatic heterocycles. The van der Waals surface area contributed by atoms with Gasteiger partial charge in [-0.25, -0.2) is 4.79 Å². The molecule has 5 heteroatoms. The summed E-state index contributed by atoms with van der Waals surface area (Å²) in [7, 11) is 12.1. The minimum absolute atomic E-state index is 0.312. The Morgan fingerprint density at radius 1 is 0.595 bits per heavy atom. The molecule has 0 spiro atoms. The quantitative estimate of drug-likeness (QED) is 0.309. The topological polar surface area (TPSA) is 36.0 Å². The zero-order valence-corrected chi connectivity index (χ0v) is 22.3. The average molecular weight is 492 g/mol. The van der Waals surface area contributed by atoms with Crippen LogP contribution in [-0.4, -0.2) is 48.3 Å². The number of hydrogen-bond donors (Lipinski definition) is 0. The standard InChI is InChI=1S/C32H33N3O2/c1-33(2)25-16-12-23(13-17-25)32(24-14-18-26(19-15-24)34(3)4)29-20-11-22(21-28(29)31(36)37-32)27-9-7-8-10-30(27)35(5)6/h7-21H,1-6H3. The lowest BCUT2D eigenvalue weighted by Crippen LogP contribution is -2.29. The molecule has 0 saturated heterocycles. The summed E-state index contributed by atoms with van der Waals surface area (Å²) in [5, 5.41) is 0. The third-order valence-corrected chi connectivity index (χ3v) is 7.14. The Morgan fingerprint density at radius 3 is 1.65 bits per heavy atom. The summed E-state index contributed by atoms with van der Waals surface area (Å²) in [5.41, 5.74) is 7.60. The minimum atomic E-state index is -1.03. The highest BCUT2D eigenvalue weighted by atomic mass is 16.6. The number of rotatable bonds is 6. The molecular formula is C32H33N3O2. The lowest BCUT2D eigenvalue weighted by atomic mass is 9.79. The van der Waals surface area contributed by atoms with Crippen LogP contribution in [0.2, 0.25) is 0 Å². The van der Waals surface area contributed by atoms with Crippen LogP contribution in [0.25, 0.3) is 11.1 Å². The first-order valence-electron chi connectivity index (χ1n) is 12.4. The van der Waals surface area contributed by atoms with E-state index in [-0.39, 0.29) is 5.97 Å². The molecule has 0 unspecified atom stereocenters. The van der Waals surface area contributed by atoms with E-state index in [0.29, 0.717) is 5.56 Å². The van der Waals surface area contributed by atoms with Crippen LogP contribution in [0.4, 0.5) is 17.1 Å². The molecule has 1 aliphatic heterocycles. The predicted octanol–water partition coefficient (Wildman–Crippen LogP) is 6.01. The van der Waals surface area contributed by atoms with Gasteiger partial charge in [-0.1, -0.05) is 54.6 Å². The van der Waals surface area contributed by atoms with Crippen molar-refractivity contribution in [3.8, 4) is 11.1 Å². The van der Waals surface area contributed by atoms with Gasteiger partial charge in [0.15, 0.2) is 5.60 Å². The van der Waals surface area contributed by atoms with Crippen molar-refractivity contribution >= 4 is 23.0 Å². The fourth-order valence-electron chi connectivity index (χ4n) is 5.13. The number of carbonyl (C=O) groups excluding carboxylic acids is 1. The molecule has 0 fully saturated rings. The first kappa shape index (κ1) is 24.4. The zero-order chi connectivity index (χ0) is 26.3. The fraction of sp³-hybridized carbons (Fsp3) is 0.219. The Balaban J connectivity index is 1.71. The number of benzene rings is 4. The summed E-state index contributed by atoms with van der Waals surface area (Å²) in [6.45, 7) is 0. The average Bonchev–Trinajstić information content (AvgIpc) is 3.21. The van der Waals surface area contributed by atoms with Gasteiger partial charge in [0, 0.05) is 81.6 Å². The van der Waals surface area contributed by atoms with Gasteiger partial charge in [-0.15, -0.1) is 0 Å². The number of para-hydroxylation sites is 1. The maximum atomic E-state index is 13.5. The van der Waals surface area contributed by atoms with Gasteiger partial charge < -0.3 is 19.4 Å². The number of cyclic esters (lactones) is 1. The van der Waals surface area contributed by atoms with Crippen molar-refractivity contribution in [2.45, 2.75) is 5.60 Å². The Morgan fingerprint density at radius 2 is 1.14 bits per heavy atom. The van der Waals surface area contributed by atoms with Gasteiger partial charge in [-0.2, -0.15) is 0 Å². The normalized spacial score (nSPS) is 13.6. The largest absolute Gasteiger partial charge is 0.441 e. The molecular weight excluding hydrogens is 458 g/mol. The van der Waals surface area contributed by atoms with E-state index in [2.05, 4.69) is 87.5 Å². The van der Waals surface area contributed by atoms with E-state index >= 15 is 0 Å². The molecule has 0 aliphatic carbocycles. The molecule has 0 N–H and O–H groups in total. The van der Waals surface area contributed by atoms with E-state index < -0.39 is 5.60 Å². The van der Waals surface area contributed by atoms with Crippen LogP contribution >= 0.6 is 0 Å². The molecule has 1 heterocycles. The summed E-state index contributed by atoms with van der Waals surface area (Å²) >= 11 is 0. The second-order valence-corrected chi connectivity index (χ2v) is 10.1. The number of esters is 1. The summed E-state index contributed by atoms with van der Waals surface area (Å²) in [4.78, 5) is 19.7. The number of hydrogen-bond acceptors (Lipinski definition) is 5. The lowest BCUT2D eigenvalue weighted by Gasteiger charge is -2.31. The van der Waals surface area contributed by atoms with E-state index in [4.69, 9.17) is 4.74 Å². The Labute approximate surface area is 219 Å². The Bertz CT molecular complexity index is 1390. The maximum absolute atomic E-state index is 13.5. The number of anilines is 3. The smallest absolute Gasteiger partial charge is 0.340 e. The maximum Gasteiger partial charge on any atom is 0.340 e. The van der Waals surface area contributed by atoms with E-state index in [9.17, 15) is 4.79 Å². The van der Waals surface area contributed by atoms with Gasteiger partial charge >= 0.3 is 5.97 Å². The molecule has 0 amide bonds. The highest BCUT2D eigenvalue weighted by molar-refractivity contribution is 5.98. The molecule has 1 aliphatic rings. The Kier molecular flexibility index (Phi) is 6.16. The second-order valence-electron chi connectivity index (χ2n) is 10.1. The lowest BCUT2D eigenvalue weighted by molar-refractivity contribution is 0.0251. The van der Waals surface area contributed by atoms with E-state index in [1.165, 1.54) is 0 Å². The molecule has 4 aromatic carbocycles. The van der Waals surface area contributed by atoms with E-state index in [0.717, 1.165) is 44.9 Å². The minimum Gasteiger partial charge on any atom is -0.441 e. The molecule has 0 saturated carbocycles. The summed E-state index contributed by atoms with van der Waals surface area (Å²) in [5.74, 6) is -0.312. The Hall–Kier alpha value is -4.25. The molecule has 5 rings (SSSR count). The van der Waals surface area contributed by atoms with Crippen LogP contribution in [-0.2, 0) is 10.3 Å². The summed E-state index contributed by atoms with van der Waals surface area (Å²) in [6.07, 6.45) is 0. The highest BCUT2D eigenvalue weighted by Crippen LogP contribution is 2.48. The van der Waals surface area contributed by atoms with Crippen LogP contribution in [0.15, 0.2) is 91.0 Å². The van der Waals surface area contributed by atoms with Crippen molar-refractivity contribution in [3.05, 3.63) is 113 Å². The molecule has 0 atom stereocenters. The number of nitrogens with zero attached hydrogens (tertiary/aromatic N) is 3.